The lowest BCUT2D eigenvalue weighted by molar-refractivity contribution is 0.622. The van der Waals surface area contributed by atoms with Crippen LogP contribution in [0.3, 0.4) is 0 Å². The molecule has 5 heteroatoms. The minimum absolute atomic E-state index is 0. The molecule has 0 atom stereocenters. The molecule has 1 aliphatic heterocycles. The van der Waals surface area contributed by atoms with E-state index < -0.39 is 10.3 Å². The predicted molar refractivity (Wildman–Crippen MR) is 50.0 cm³/mol. The number of hydrogen-bond donors (Lipinski definition) is 1. The molecule has 1 N–H and O–H groups in total. The molecule has 1 rings (SSSR count). The van der Waals surface area contributed by atoms with Gasteiger partial charge < -0.3 is 5.32 Å². The van der Waals surface area contributed by atoms with Crippen molar-refractivity contribution in [2.45, 2.75) is 20.3 Å². The van der Waals surface area contributed by atoms with Crippen LogP contribution in [0.5, 0.6) is 0 Å². The summed E-state index contributed by atoms with van der Waals surface area (Å²) in [6.45, 7) is 1.62. The van der Waals surface area contributed by atoms with E-state index in [4.69, 9.17) is 0 Å². The topological polar surface area (TPSA) is 46.2 Å². The third-order valence-corrected chi connectivity index (χ3v) is 2.28. The Morgan fingerprint density at radius 3 is 1.91 bits per heavy atom. The highest BCUT2D eigenvalue weighted by atomic mass is 35.5. The van der Waals surface area contributed by atoms with Crippen molar-refractivity contribution in [3.05, 3.63) is 0 Å². The van der Waals surface area contributed by atoms with Gasteiger partial charge in [0.05, 0.1) is 4.86 Å². The summed E-state index contributed by atoms with van der Waals surface area (Å²) in [5.74, 6) is 0. The van der Waals surface area contributed by atoms with Gasteiger partial charge in [-0.2, -0.15) is 8.42 Å². The lowest BCUT2D eigenvalue weighted by Crippen LogP contribution is -2.28. The first-order chi connectivity index (χ1) is 4.30. The van der Waals surface area contributed by atoms with Crippen LogP contribution in [0.15, 0.2) is 0 Å². The number of rotatable bonds is 0. The summed E-state index contributed by atoms with van der Waals surface area (Å²) in [4.78, 5) is 0.661. The number of halogens is 1. The van der Waals surface area contributed by atoms with Gasteiger partial charge in [0.2, 0.25) is 10.3 Å². The smallest absolute Gasteiger partial charge is 0.213 e. The van der Waals surface area contributed by atoms with Crippen molar-refractivity contribution in [2.24, 2.45) is 0 Å². The Labute approximate surface area is 75.1 Å². The van der Waals surface area contributed by atoms with E-state index in [1.165, 1.54) is 0 Å². The minimum Gasteiger partial charge on any atom is -0.316 e. The monoisotopic (exact) mass is 199 g/mol. The van der Waals surface area contributed by atoms with E-state index in [1.807, 2.05) is 0 Å². The van der Waals surface area contributed by atoms with Crippen LogP contribution in [0.25, 0.3) is 0 Å². The van der Waals surface area contributed by atoms with Crippen molar-refractivity contribution in [2.75, 3.05) is 13.1 Å². The predicted octanol–water partition coefficient (Wildman–Crippen LogP) is 0.479. The summed E-state index contributed by atoms with van der Waals surface area (Å²) in [6, 6.07) is 0. The van der Waals surface area contributed by atoms with Crippen LogP contribution in [0.4, 0.5) is 0 Å². The van der Waals surface area contributed by atoms with Crippen molar-refractivity contribution >= 4 is 27.6 Å². The number of nitrogens with one attached hydrogen (secondary N) is 1. The Kier molecular flexibility index (Phi) is 8.16. The van der Waals surface area contributed by atoms with E-state index in [2.05, 4.69) is 5.32 Å². The van der Waals surface area contributed by atoms with Gasteiger partial charge in [0.1, 0.15) is 0 Å². The van der Waals surface area contributed by atoms with Crippen LogP contribution < -0.4 is 5.32 Å². The largest absolute Gasteiger partial charge is 0.316 e. The normalized spacial score (nSPS) is 16.2. The molecule has 0 unspecified atom stereocenters. The van der Waals surface area contributed by atoms with Gasteiger partial charge in [-0.15, -0.1) is 12.4 Å². The Morgan fingerprint density at radius 1 is 1.18 bits per heavy atom. The Balaban J connectivity index is 0. The van der Waals surface area contributed by atoms with E-state index >= 15 is 0 Å². The molecule has 0 aromatic carbocycles. The Bertz CT molecular complexity index is 207. The maximum Gasteiger partial charge on any atom is 0.213 e. The molecule has 1 aliphatic rings. The summed E-state index contributed by atoms with van der Waals surface area (Å²) < 4.78 is 20.6. The van der Waals surface area contributed by atoms with Gasteiger partial charge >= 0.3 is 0 Å². The molecule has 0 aliphatic carbocycles. The summed E-state index contributed by atoms with van der Waals surface area (Å²) in [5, 5.41) is 3.08. The van der Waals surface area contributed by atoms with Gasteiger partial charge in [-0.1, -0.05) is 7.43 Å². The molecule has 0 saturated carbocycles. The molecule has 0 aromatic rings. The summed E-state index contributed by atoms with van der Waals surface area (Å²) >= 11 is 0. The minimum atomic E-state index is -1.93. The molecule has 1 fully saturated rings. The average molecular weight is 200 g/mol. The van der Waals surface area contributed by atoms with E-state index in [1.54, 1.807) is 0 Å². The fourth-order valence-electron chi connectivity index (χ4n) is 0.872. The van der Waals surface area contributed by atoms with Crippen molar-refractivity contribution in [1.29, 1.82) is 0 Å². The SMILES string of the molecule is C.Cl.O=S(=O)=C1CCNCC1. The van der Waals surface area contributed by atoms with Crippen LogP contribution in [0, 0.1) is 0 Å². The Hall–Kier alpha value is -0.0600. The standard InChI is InChI=1S/C5H9NO2S.CH4.ClH/c7-9(8)5-1-3-6-4-2-5;;/h6H,1-4H2;1H4;1H. The van der Waals surface area contributed by atoms with E-state index in [0.29, 0.717) is 17.7 Å². The van der Waals surface area contributed by atoms with Crippen LogP contribution >= 0.6 is 12.4 Å². The highest BCUT2D eigenvalue weighted by Crippen LogP contribution is 1.94. The maximum atomic E-state index is 10.3. The third kappa shape index (κ3) is 4.40. The van der Waals surface area contributed by atoms with Crippen molar-refractivity contribution < 1.29 is 8.42 Å². The van der Waals surface area contributed by atoms with E-state index in [-0.39, 0.29) is 19.8 Å². The van der Waals surface area contributed by atoms with Gasteiger partial charge in [-0.25, -0.2) is 0 Å². The average Bonchev–Trinajstić information content (AvgIpc) is 1.90. The summed E-state index contributed by atoms with van der Waals surface area (Å²) in [5.41, 5.74) is 0. The first-order valence-electron chi connectivity index (χ1n) is 2.95. The van der Waals surface area contributed by atoms with Crippen molar-refractivity contribution in [3.8, 4) is 0 Å². The molecular weight excluding hydrogens is 186 g/mol. The number of piperidine rings is 1. The molecular formula is C6H14ClNO2S. The fourth-order valence-corrected chi connectivity index (χ4v) is 1.41. The highest BCUT2D eigenvalue weighted by molar-refractivity contribution is 7.73. The molecule has 0 spiro atoms. The van der Waals surface area contributed by atoms with Crippen LogP contribution in [0.2, 0.25) is 0 Å². The molecule has 0 aromatic heterocycles. The second-order valence-electron chi connectivity index (χ2n) is 2.02. The lowest BCUT2D eigenvalue weighted by Gasteiger charge is -2.10. The van der Waals surface area contributed by atoms with E-state index in [9.17, 15) is 8.42 Å². The summed E-state index contributed by atoms with van der Waals surface area (Å²) in [6.07, 6.45) is 1.38. The molecule has 3 nitrogen and oxygen atoms in total. The Morgan fingerprint density at radius 2 is 1.64 bits per heavy atom. The van der Waals surface area contributed by atoms with Crippen LogP contribution in [0.1, 0.15) is 20.3 Å². The van der Waals surface area contributed by atoms with Gasteiger partial charge in [0, 0.05) is 0 Å². The third-order valence-electron chi connectivity index (χ3n) is 1.40. The van der Waals surface area contributed by atoms with Crippen molar-refractivity contribution in [3.63, 3.8) is 0 Å². The van der Waals surface area contributed by atoms with E-state index in [0.717, 1.165) is 13.1 Å². The van der Waals surface area contributed by atoms with Crippen LogP contribution in [-0.4, -0.2) is 26.4 Å². The zero-order valence-electron chi connectivity index (χ0n) is 5.46. The zero-order valence-corrected chi connectivity index (χ0v) is 7.09. The van der Waals surface area contributed by atoms with Crippen LogP contribution in [-0.2, 0) is 10.3 Å². The lowest BCUT2D eigenvalue weighted by atomic mass is 10.2. The molecule has 1 saturated heterocycles. The fraction of sp³-hybridized carbons (Fsp3) is 0.833. The molecule has 68 valence electrons. The molecule has 1 heterocycles. The quantitative estimate of drug-likeness (QED) is 0.578. The van der Waals surface area contributed by atoms with Gasteiger partial charge in [-0.05, 0) is 25.9 Å². The number of hydrogen-bond acceptors (Lipinski definition) is 3. The molecule has 0 amide bonds. The molecule has 0 bridgehead atoms. The van der Waals surface area contributed by atoms with Gasteiger partial charge in [0.15, 0.2) is 0 Å². The van der Waals surface area contributed by atoms with Gasteiger partial charge in [-0.3, -0.25) is 0 Å². The first kappa shape index (κ1) is 13.5. The van der Waals surface area contributed by atoms with Gasteiger partial charge in [0.25, 0.3) is 0 Å². The second kappa shape index (κ2) is 6.64. The van der Waals surface area contributed by atoms with Crippen molar-refractivity contribution in [1.82, 2.24) is 5.32 Å². The summed E-state index contributed by atoms with van der Waals surface area (Å²) in [7, 11) is -1.93. The highest BCUT2D eigenvalue weighted by Gasteiger charge is 2.05. The maximum absolute atomic E-state index is 10.3. The molecule has 11 heavy (non-hydrogen) atoms. The zero-order chi connectivity index (χ0) is 6.69. The molecule has 0 radical (unpaired) electrons. The second-order valence-corrected chi connectivity index (χ2v) is 3.07. The first-order valence-corrected chi connectivity index (χ1v) is 4.03.